The number of piperidine rings is 1. The van der Waals surface area contributed by atoms with E-state index in [0.29, 0.717) is 29.8 Å². The smallest absolute Gasteiger partial charge is 0.259 e. The number of nitrogens with one attached hydrogen (secondary N) is 2. The molecule has 6 nitrogen and oxygen atoms in total. The molecule has 0 saturated carbocycles. The topological polar surface area (TPSA) is 70.2 Å². The van der Waals surface area contributed by atoms with Crippen molar-refractivity contribution in [2.75, 3.05) is 29.9 Å². The number of hydrogen-bond acceptors (Lipinski definition) is 5. The lowest BCUT2D eigenvalue weighted by Gasteiger charge is -2.30. The summed E-state index contributed by atoms with van der Waals surface area (Å²) in [6.07, 6.45) is 3.83. The number of hydrogen-bond donors (Lipinski definition) is 2. The largest absolute Gasteiger partial charge is 0.348 e. The van der Waals surface area contributed by atoms with E-state index in [0.717, 1.165) is 31.5 Å². The lowest BCUT2D eigenvalue weighted by Crippen LogP contribution is -2.40. The first-order chi connectivity index (χ1) is 15.2. The van der Waals surface area contributed by atoms with Crippen LogP contribution in [0.4, 0.5) is 11.8 Å². The molecule has 2 heterocycles. The number of nitrogens with zero attached hydrogens (tertiary/aromatic N) is 3. The van der Waals surface area contributed by atoms with E-state index in [1.165, 1.54) is 0 Å². The van der Waals surface area contributed by atoms with Crippen LogP contribution >= 0.6 is 0 Å². The predicted molar refractivity (Wildman–Crippen MR) is 124 cm³/mol. The molecule has 0 unspecified atom stereocenters. The molecular weight excluding hydrogens is 386 g/mol. The molecule has 1 aliphatic heterocycles. The lowest BCUT2D eigenvalue weighted by atomic mass is 9.97. The van der Waals surface area contributed by atoms with Crippen molar-refractivity contribution >= 4 is 17.7 Å². The Morgan fingerprint density at radius 2 is 1.74 bits per heavy atom. The molecule has 1 fully saturated rings. The first kappa shape index (κ1) is 21.0. The molecule has 1 aromatic heterocycles. The molecule has 1 saturated heterocycles. The van der Waals surface area contributed by atoms with Crippen molar-refractivity contribution in [1.29, 1.82) is 0 Å². The van der Waals surface area contributed by atoms with Crippen molar-refractivity contribution in [1.82, 2.24) is 15.3 Å². The standard InChI is InChI=1S/C25H29N5O/c1-19(21-8-4-2-5-9-21)28-25-27-17-14-23(29-25)30(18-20-12-15-26-16-13-20)24(31)22-10-6-3-7-11-22/h2-11,14,17,19-20,26H,12-13,15-16,18H2,1H3,(H,27,28,29)/t19-/m1/s1. The van der Waals surface area contributed by atoms with Gasteiger partial charge in [-0.2, -0.15) is 4.98 Å². The first-order valence-electron chi connectivity index (χ1n) is 10.9. The molecule has 1 atom stereocenters. The molecule has 160 valence electrons. The van der Waals surface area contributed by atoms with E-state index in [9.17, 15) is 4.79 Å². The van der Waals surface area contributed by atoms with Gasteiger partial charge in [-0.05, 0) is 62.5 Å². The third-order valence-electron chi connectivity index (χ3n) is 5.73. The van der Waals surface area contributed by atoms with Crippen LogP contribution in [0.3, 0.4) is 0 Å². The summed E-state index contributed by atoms with van der Waals surface area (Å²) < 4.78 is 0. The zero-order chi connectivity index (χ0) is 21.5. The molecule has 6 heteroatoms. The van der Waals surface area contributed by atoms with Crippen LogP contribution in [0.15, 0.2) is 72.9 Å². The maximum absolute atomic E-state index is 13.4. The second kappa shape index (κ2) is 10.2. The molecule has 31 heavy (non-hydrogen) atoms. The number of anilines is 2. The summed E-state index contributed by atoms with van der Waals surface area (Å²) in [7, 11) is 0. The van der Waals surface area contributed by atoms with Gasteiger partial charge in [-0.3, -0.25) is 9.69 Å². The van der Waals surface area contributed by atoms with Crippen LogP contribution in [-0.4, -0.2) is 35.5 Å². The fourth-order valence-corrected chi connectivity index (χ4v) is 3.93. The Kier molecular flexibility index (Phi) is 6.89. The van der Waals surface area contributed by atoms with Gasteiger partial charge in [-0.15, -0.1) is 0 Å². The van der Waals surface area contributed by atoms with E-state index in [1.54, 1.807) is 6.20 Å². The fourth-order valence-electron chi connectivity index (χ4n) is 3.93. The molecule has 2 aromatic carbocycles. The van der Waals surface area contributed by atoms with Crippen LogP contribution < -0.4 is 15.5 Å². The number of rotatable bonds is 7. The predicted octanol–water partition coefficient (Wildman–Crippen LogP) is 4.30. The molecule has 4 rings (SSSR count). The van der Waals surface area contributed by atoms with Crippen LogP contribution in [0.25, 0.3) is 0 Å². The van der Waals surface area contributed by atoms with Crippen molar-refractivity contribution in [3.05, 3.63) is 84.1 Å². The highest BCUT2D eigenvalue weighted by Crippen LogP contribution is 2.23. The van der Waals surface area contributed by atoms with Gasteiger partial charge in [0.15, 0.2) is 0 Å². The molecule has 2 N–H and O–H groups in total. The minimum Gasteiger partial charge on any atom is -0.348 e. The highest BCUT2D eigenvalue weighted by molar-refractivity contribution is 6.05. The lowest BCUT2D eigenvalue weighted by molar-refractivity contribution is 0.0980. The van der Waals surface area contributed by atoms with Gasteiger partial charge < -0.3 is 10.6 Å². The van der Waals surface area contributed by atoms with Gasteiger partial charge in [0.1, 0.15) is 5.82 Å². The van der Waals surface area contributed by atoms with Crippen molar-refractivity contribution in [3.8, 4) is 0 Å². The Morgan fingerprint density at radius 1 is 1.06 bits per heavy atom. The second-order valence-corrected chi connectivity index (χ2v) is 7.99. The molecule has 1 amide bonds. The summed E-state index contributed by atoms with van der Waals surface area (Å²) in [6, 6.07) is 21.5. The maximum atomic E-state index is 13.4. The Balaban J connectivity index is 1.58. The van der Waals surface area contributed by atoms with E-state index < -0.39 is 0 Å². The van der Waals surface area contributed by atoms with E-state index in [1.807, 2.05) is 59.5 Å². The van der Waals surface area contributed by atoms with Crippen LogP contribution in [0.1, 0.15) is 41.7 Å². The van der Waals surface area contributed by atoms with Crippen LogP contribution in [0.5, 0.6) is 0 Å². The summed E-state index contributed by atoms with van der Waals surface area (Å²) in [5.41, 5.74) is 1.82. The van der Waals surface area contributed by atoms with Gasteiger partial charge in [0.2, 0.25) is 5.95 Å². The zero-order valence-electron chi connectivity index (χ0n) is 17.9. The zero-order valence-corrected chi connectivity index (χ0v) is 17.9. The molecular formula is C25H29N5O. The highest BCUT2D eigenvalue weighted by Gasteiger charge is 2.24. The Labute approximate surface area is 183 Å². The van der Waals surface area contributed by atoms with Gasteiger partial charge in [0.05, 0.1) is 6.04 Å². The molecule has 3 aromatic rings. The quantitative estimate of drug-likeness (QED) is 0.602. The van der Waals surface area contributed by atoms with Crippen LogP contribution in [0, 0.1) is 5.92 Å². The number of benzene rings is 2. The van der Waals surface area contributed by atoms with E-state index in [-0.39, 0.29) is 11.9 Å². The normalized spacial score (nSPS) is 15.3. The average Bonchev–Trinajstić information content (AvgIpc) is 2.84. The average molecular weight is 416 g/mol. The second-order valence-electron chi connectivity index (χ2n) is 7.99. The Morgan fingerprint density at radius 3 is 2.45 bits per heavy atom. The summed E-state index contributed by atoms with van der Waals surface area (Å²) in [5, 5.41) is 6.76. The van der Waals surface area contributed by atoms with Gasteiger partial charge in [-0.25, -0.2) is 4.98 Å². The molecule has 1 aliphatic rings. The first-order valence-corrected chi connectivity index (χ1v) is 10.9. The Hall–Kier alpha value is -3.25. The summed E-state index contributed by atoms with van der Waals surface area (Å²) in [5.74, 6) is 1.57. The van der Waals surface area contributed by atoms with Gasteiger partial charge >= 0.3 is 0 Å². The summed E-state index contributed by atoms with van der Waals surface area (Å²) >= 11 is 0. The third-order valence-corrected chi connectivity index (χ3v) is 5.73. The van der Waals surface area contributed by atoms with Crippen molar-refractivity contribution in [3.63, 3.8) is 0 Å². The van der Waals surface area contributed by atoms with E-state index in [4.69, 9.17) is 4.98 Å². The van der Waals surface area contributed by atoms with Crippen LogP contribution in [0.2, 0.25) is 0 Å². The molecule has 0 spiro atoms. The summed E-state index contributed by atoms with van der Waals surface area (Å²) in [4.78, 5) is 24.3. The SMILES string of the molecule is C[C@@H](Nc1nccc(N(CC2CCNCC2)C(=O)c2ccccc2)n1)c1ccccc1. The Bertz CT molecular complexity index is 973. The molecule has 0 bridgehead atoms. The van der Waals surface area contributed by atoms with Crippen LogP contribution in [-0.2, 0) is 0 Å². The highest BCUT2D eigenvalue weighted by atomic mass is 16.2. The van der Waals surface area contributed by atoms with Gasteiger partial charge in [-0.1, -0.05) is 48.5 Å². The number of aromatic nitrogens is 2. The minimum atomic E-state index is -0.0279. The molecule has 0 radical (unpaired) electrons. The molecule has 0 aliphatic carbocycles. The maximum Gasteiger partial charge on any atom is 0.259 e. The van der Waals surface area contributed by atoms with Gasteiger partial charge in [0, 0.05) is 18.3 Å². The number of carbonyl (C=O) groups is 1. The fraction of sp³-hybridized carbons (Fsp3) is 0.320. The summed E-state index contributed by atoms with van der Waals surface area (Å²) in [6.45, 7) is 4.71. The van der Waals surface area contributed by atoms with Crippen molar-refractivity contribution in [2.24, 2.45) is 5.92 Å². The van der Waals surface area contributed by atoms with E-state index >= 15 is 0 Å². The van der Waals surface area contributed by atoms with E-state index in [2.05, 4.69) is 34.7 Å². The monoisotopic (exact) mass is 415 g/mol. The minimum absolute atomic E-state index is 0.0279. The van der Waals surface area contributed by atoms with Crippen molar-refractivity contribution < 1.29 is 4.79 Å². The van der Waals surface area contributed by atoms with Gasteiger partial charge in [0.25, 0.3) is 5.91 Å². The third kappa shape index (κ3) is 5.47. The number of amides is 1. The van der Waals surface area contributed by atoms with Crippen molar-refractivity contribution in [2.45, 2.75) is 25.8 Å². The number of carbonyl (C=O) groups excluding carboxylic acids is 1.